The number of fused-ring (bicyclic) bond motifs is 1. The first kappa shape index (κ1) is 16.4. The average Bonchev–Trinajstić information content (AvgIpc) is 3.00. The van der Waals surface area contributed by atoms with Gasteiger partial charge in [0, 0.05) is 6.42 Å². The number of aliphatic hydroxyl groups is 1. The van der Waals surface area contributed by atoms with Crippen LogP contribution in [0.2, 0.25) is 0 Å². The second-order valence-electron chi connectivity index (χ2n) is 5.69. The van der Waals surface area contributed by atoms with Crippen LogP contribution in [0.15, 0.2) is 18.2 Å². The van der Waals surface area contributed by atoms with E-state index in [4.69, 9.17) is 0 Å². The lowest BCUT2D eigenvalue weighted by Crippen LogP contribution is -2.21. The van der Waals surface area contributed by atoms with Crippen molar-refractivity contribution < 1.29 is 18.3 Å². The van der Waals surface area contributed by atoms with E-state index in [-0.39, 0.29) is 18.1 Å². The second kappa shape index (κ2) is 5.90. The lowest BCUT2D eigenvalue weighted by molar-refractivity contribution is -0.143. The summed E-state index contributed by atoms with van der Waals surface area (Å²) in [4.78, 5) is 11.4. The zero-order valence-electron chi connectivity index (χ0n) is 13.1. The molecular formula is C15H16F3N5O. The van der Waals surface area contributed by atoms with E-state index in [1.165, 1.54) is 6.92 Å². The van der Waals surface area contributed by atoms with Gasteiger partial charge in [0.25, 0.3) is 0 Å². The van der Waals surface area contributed by atoms with Gasteiger partial charge in [0.05, 0.1) is 11.0 Å². The summed E-state index contributed by atoms with van der Waals surface area (Å²) in [5.41, 5.74) is 2.37. The van der Waals surface area contributed by atoms with E-state index < -0.39 is 18.8 Å². The number of H-pyrrole nitrogens is 1. The van der Waals surface area contributed by atoms with Crippen molar-refractivity contribution in [2.45, 2.75) is 39.1 Å². The minimum atomic E-state index is -4.41. The largest absolute Gasteiger partial charge is 0.408 e. The molecule has 0 saturated carbocycles. The van der Waals surface area contributed by atoms with E-state index >= 15 is 0 Å². The van der Waals surface area contributed by atoms with Crippen LogP contribution in [0.5, 0.6) is 0 Å². The quantitative estimate of drug-likeness (QED) is 0.766. The third-order valence-corrected chi connectivity index (χ3v) is 3.49. The molecule has 24 heavy (non-hydrogen) atoms. The number of hydrogen-bond donors (Lipinski definition) is 2. The molecule has 0 amide bonds. The minimum absolute atomic E-state index is 0.0206. The molecule has 1 atom stereocenters. The van der Waals surface area contributed by atoms with E-state index in [0.717, 1.165) is 27.1 Å². The Kier molecular flexibility index (Phi) is 4.04. The SMILES string of the molecule is Cc1nc2ccc(Cc3nc(C(C)O)nn3CC(F)(F)F)cc2[nH]1. The number of imidazole rings is 1. The van der Waals surface area contributed by atoms with Crippen molar-refractivity contribution in [3.05, 3.63) is 41.2 Å². The van der Waals surface area contributed by atoms with Gasteiger partial charge in [-0.3, -0.25) is 0 Å². The summed E-state index contributed by atoms with van der Waals surface area (Å²) in [6.07, 6.45) is -5.27. The fourth-order valence-corrected chi connectivity index (χ4v) is 2.47. The number of alkyl halides is 3. The Morgan fingerprint density at radius 2 is 2.04 bits per heavy atom. The van der Waals surface area contributed by atoms with Gasteiger partial charge in [-0.05, 0) is 31.5 Å². The molecule has 3 aromatic rings. The normalized spacial score (nSPS) is 13.6. The van der Waals surface area contributed by atoms with Crippen molar-refractivity contribution in [3.8, 4) is 0 Å². The third kappa shape index (κ3) is 3.56. The molecule has 128 valence electrons. The van der Waals surface area contributed by atoms with Crippen LogP contribution in [-0.4, -0.2) is 36.0 Å². The number of nitrogens with one attached hydrogen (secondary N) is 1. The molecule has 0 aliphatic rings. The number of nitrogens with zero attached hydrogens (tertiary/aromatic N) is 4. The van der Waals surface area contributed by atoms with Crippen molar-refractivity contribution in [1.29, 1.82) is 0 Å². The van der Waals surface area contributed by atoms with Gasteiger partial charge in [-0.15, -0.1) is 0 Å². The molecule has 0 aliphatic carbocycles. The lowest BCUT2D eigenvalue weighted by atomic mass is 10.1. The minimum Gasteiger partial charge on any atom is -0.385 e. The number of benzene rings is 1. The van der Waals surface area contributed by atoms with Crippen molar-refractivity contribution in [2.24, 2.45) is 0 Å². The summed E-state index contributed by atoms with van der Waals surface area (Å²) in [5, 5.41) is 13.3. The summed E-state index contributed by atoms with van der Waals surface area (Å²) in [6, 6.07) is 5.41. The van der Waals surface area contributed by atoms with Crippen LogP contribution < -0.4 is 0 Å². The van der Waals surface area contributed by atoms with Crippen LogP contribution in [0.1, 0.15) is 36.1 Å². The summed E-state index contributed by atoms with van der Waals surface area (Å²) in [7, 11) is 0. The highest BCUT2D eigenvalue weighted by Crippen LogP contribution is 2.21. The van der Waals surface area contributed by atoms with Crippen LogP contribution >= 0.6 is 0 Å². The van der Waals surface area contributed by atoms with Crippen molar-refractivity contribution in [2.75, 3.05) is 0 Å². The van der Waals surface area contributed by atoms with Crippen LogP contribution in [-0.2, 0) is 13.0 Å². The van der Waals surface area contributed by atoms with Crippen molar-refractivity contribution >= 4 is 11.0 Å². The maximum atomic E-state index is 12.7. The summed E-state index contributed by atoms with van der Waals surface area (Å²) in [6.45, 7) is 2.00. The van der Waals surface area contributed by atoms with E-state index in [9.17, 15) is 18.3 Å². The highest BCUT2D eigenvalue weighted by molar-refractivity contribution is 5.75. The topological polar surface area (TPSA) is 79.6 Å². The van der Waals surface area contributed by atoms with Crippen molar-refractivity contribution in [1.82, 2.24) is 24.7 Å². The van der Waals surface area contributed by atoms with Crippen LogP contribution in [0.25, 0.3) is 11.0 Å². The Bertz CT molecular complexity index is 866. The van der Waals surface area contributed by atoms with Gasteiger partial charge in [-0.2, -0.15) is 18.3 Å². The lowest BCUT2D eigenvalue weighted by Gasteiger charge is -2.09. The molecule has 0 saturated heterocycles. The molecule has 1 unspecified atom stereocenters. The van der Waals surface area contributed by atoms with E-state index in [1.54, 1.807) is 12.1 Å². The molecule has 2 N–H and O–H groups in total. The van der Waals surface area contributed by atoms with Crippen LogP contribution in [0, 0.1) is 6.92 Å². The van der Waals surface area contributed by atoms with Crippen LogP contribution in [0.4, 0.5) is 13.2 Å². The first-order valence-electron chi connectivity index (χ1n) is 7.35. The standard InChI is InChI=1S/C15H16F3N5O/c1-8(24)14-21-13(23(22-14)7-15(16,17)18)6-10-3-4-11-12(5-10)20-9(2)19-11/h3-5,8,24H,6-7H2,1-2H3,(H,19,20). The number of aryl methyl sites for hydroxylation is 1. The second-order valence-corrected chi connectivity index (χ2v) is 5.69. The Balaban J connectivity index is 1.94. The van der Waals surface area contributed by atoms with Gasteiger partial charge in [0.1, 0.15) is 24.3 Å². The molecule has 3 rings (SSSR count). The highest BCUT2D eigenvalue weighted by atomic mass is 19.4. The summed E-state index contributed by atoms with van der Waals surface area (Å²) < 4.78 is 38.9. The number of aromatic amines is 1. The average molecular weight is 339 g/mol. The monoisotopic (exact) mass is 339 g/mol. The van der Waals surface area contributed by atoms with Gasteiger partial charge < -0.3 is 10.1 Å². The number of aromatic nitrogens is 5. The van der Waals surface area contributed by atoms with Crippen LogP contribution in [0.3, 0.4) is 0 Å². The number of halogens is 3. The molecule has 0 spiro atoms. The fraction of sp³-hybridized carbons (Fsp3) is 0.400. The van der Waals surface area contributed by atoms with Gasteiger partial charge in [0.15, 0.2) is 5.82 Å². The molecule has 2 aromatic heterocycles. The molecule has 1 aromatic carbocycles. The molecule has 0 aliphatic heterocycles. The van der Waals surface area contributed by atoms with Gasteiger partial charge in [0.2, 0.25) is 0 Å². The molecule has 6 nitrogen and oxygen atoms in total. The molecular weight excluding hydrogens is 323 g/mol. The molecule has 0 bridgehead atoms. The number of rotatable bonds is 4. The zero-order chi connectivity index (χ0) is 17.5. The highest BCUT2D eigenvalue weighted by Gasteiger charge is 2.30. The molecule has 9 heteroatoms. The van der Waals surface area contributed by atoms with Gasteiger partial charge in [-0.1, -0.05) is 6.07 Å². The third-order valence-electron chi connectivity index (χ3n) is 3.49. The maximum absolute atomic E-state index is 12.7. The Morgan fingerprint density at radius 3 is 2.71 bits per heavy atom. The fourth-order valence-electron chi connectivity index (χ4n) is 2.47. The predicted octanol–water partition coefficient (Wildman–Crippen LogP) is 2.67. The number of aliphatic hydroxyl groups excluding tert-OH is 1. The van der Waals surface area contributed by atoms with E-state index in [2.05, 4.69) is 20.1 Å². The maximum Gasteiger partial charge on any atom is 0.408 e. The first-order chi connectivity index (χ1) is 11.2. The number of hydrogen-bond acceptors (Lipinski definition) is 4. The predicted molar refractivity (Wildman–Crippen MR) is 80.3 cm³/mol. The van der Waals surface area contributed by atoms with Crippen molar-refractivity contribution in [3.63, 3.8) is 0 Å². The molecule has 0 radical (unpaired) electrons. The van der Waals surface area contributed by atoms with Gasteiger partial charge in [-0.25, -0.2) is 14.6 Å². The Labute approximate surface area is 135 Å². The smallest absolute Gasteiger partial charge is 0.385 e. The molecule has 2 heterocycles. The summed E-state index contributed by atoms with van der Waals surface area (Å²) >= 11 is 0. The first-order valence-corrected chi connectivity index (χ1v) is 7.35. The van der Waals surface area contributed by atoms with E-state index in [1.807, 2.05) is 13.0 Å². The van der Waals surface area contributed by atoms with E-state index in [0.29, 0.717) is 0 Å². The van der Waals surface area contributed by atoms with Gasteiger partial charge >= 0.3 is 6.18 Å². The summed E-state index contributed by atoms with van der Waals surface area (Å²) in [5.74, 6) is 0.894. The molecule has 0 fully saturated rings. The Hall–Kier alpha value is -2.42. The zero-order valence-corrected chi connectivity index (χ0v) is 13.1. The Morgan fingerprint density at radius 1 is 1.29 bits per heavy atom.